The highest BCUT2D eigenvalue weighted by atomic mass is 16.2. The van der Waals surface area contributed by atoms with Crippen molar-refractivity contribution >= 4 is 22.8 Å². The largest absolute Gasteiger partial charge is 0.329 e. The SMILES string of the molecule is CCCn1c(=O)n(CCC(=O)Nc2ccn(C)n2)c2ccccc21. The molecular weight excluding hydrogens is 306 g/mol. The standard InChI is InChI=1S/C17H21N5O2/c1-3-10-21-13-6-4-5-7-14(13)22(17(21)24)12-9-16(23)18-15-8-11-20(2)19-15/h4-8,11H,3,9-10,12H2,1-2H3,(H,18,19,23). The smallest absolute Gasteiger partial charge is 0.309 e. The van der Waals surface area contributed by atoms with Gasteiger partial charge in [0.2, 0.25) is 5.91 Å². The van der Waals surface area contributed by atoms with E-state index in [4.69, 9.17) is 0 Å². The normalized spacial score (nSPS) is 11.1. The molecule has 0 saturated heterocycles. The predicted octanol–water partition coefficient (Wildman–Crippen LogP) is 1.98. The zero-order chi connectivity index (χ0) is 17.1. The molecule has 7 heteroatoms. The van der Waals surface area contributed by atoms with Crippen molar-refractivity contribution in [1.29, 1.82) is 0 Å². The number of imidazole rings is 1. The third kappa shape index (κ3) is 3.10. The summed E-state index contributed by atoms with van der Waals surface area (Å²) < 4.78 is 5.06. The number of aromatic nitrogens is 4. The summed E-state index contributed by atoms with van der Waals surface area (Å²) in [7, 11) is 1.79. The van der Waals surface area contributed by atoms with Crippen LogP contribution in [0.1, 0.15) is 19.8 Å². The van der Waals surface area contributed by atoms with Crippen molar-refractivity contribution in [3.63, 3.8) is 0 Å². The Labute approximate surface area is 139 Å². The summed E-state index contributed by atoms with van der Waals surface area (Å²) in [6.07, 6.45) is 2.86. The molecule has 0 radical (unpaired) electrons. The maximum absolute atomic E-state index is 12.6. The molecule has 2 heterocycles. The second-order valence-corrected chi connectivity index (χ2v) is 5.75. The second kappa shape index (κ2) is 6.74. The van der Waals surface area contributed by atoms with Gasteiger partial charge < -0.3 is 5.32 Å². The zero-order valence-corrected chi connectivity index (χ0v) is 13.9. The fourth-order valence-electron chi connectivity index (χ4n) is 2.83. The van der Waals surface area contributed by atoms with Crippen LogP contribution < -0.4 is 11.0 Å². The maximum Gasteiger partial charge on any atom is 0.329 e. The molecule has 0 atom stereocenters. The minimum Gasteiger partial charge on any atom is -0.309 e. The first kappa shape index (κ1) is 16.0. The van der Waals surface area contributed by atoms with Gasteiger partial charge in [0.25, 0.3) is 0 Å². The Morgan fingerprint density at radius 3 is 2.38 bits per heavy atom. The van der Waals surface area contributed by atoms with Gasteiger partial charge in [-0.05, 0) is 18.6 Å². The molecule has 3 rings (SSSR count). The third-order valence-electron chi connectivity index (χ3n) is 3.92. The molecule has 2 aromatic heterocycles. The van der Waals surface area contributed by atoms with Gasteiger partial charge in [-0.25, -0.2) is 4.79 Å². The number of benzene rings is 1. The second-order valence-electron chi connectivity index (χ2n) is 5.75. The number of rotatable bonds is 6. The van der Waals surface area contributed by atoms with Gasteiger partial charge in [0.15, 0.2) is 5.82 Å². The Kier molecular flexibility index (Phi) is 4.50. The summed E-state index contributed by atoms with van der Waals surface area (Å²) in [4.78, 5) is 24.7. The number of anilines is 1. The zero-order valence-electron chi connectivity index (χ0n) is 13.9. The van der Waals surface area contributed by atoms with Crippen LogP contribution in [0, 0.1) is 0 Å². The van der Waals surface area contributed by atoms with E-state index in [0.29, 0.717) is 18.9 Å². The van der Waals surface area contributed by atoms with E-state index < -0.39 is 0 Å². The van der Waals surface area contributed by atoms with Gasteiger partial charge in [0.1, 0.15) is 0 Å². The molecule has 126 valence electrons. The van der Waals surface area contributed by atoms with Gasteiger partial charge in [-0.2, -0.15) is 5.10 Å². The molecule has 1 aromatic carbocycles. The number of hydrogen-bond acceptors (Lipinski definition) is 3. The summed E-state index contributed by atoms with van der Waals surface area (Å²) >= 11 is 0. The quantitative estimate of drug-likeness (QED) is 0.752. The molecule has 0 aliphatic rings. The first-order chi connectivity index (χ1) is 11.6. The number of para-hydroxylation sites is 2. The highest BCUT2D eigenvalue weighted by molar-refractivity contribution is 5.89. The number of aryl methyl sites for hydroxylation is 3. The Balaban J connectivity index is 1.78. The van der Waals surface area contributed by atoms with E-state index in [9.17, 15) is 9.59 Å². The van der Waals surface area contributed by atoms with Crippen molar-refractivity contribution in [1.82, 2.24) is 18.9 Å². The highest BCUT2D eigenvalue weighted by Crippen LogP contribution is 2.14. The van der Waals surface area contributed by atoms with E-state index in [2.05, 4.69) is 10.4 Å². The molecule has 0 fully saturated rings. The molecule has 0 spiro atoms. The van der Waals surface area contributed by atoms with Gasteiger partial charge in [-0.1, -0.05) is 19.1 Å². The number of nitrogens with zero attached hydrogens (tertiary/aromatic N) is 4. The summed E-state index contributed by atoms with van der Waals surface area (Å²) in [6.45, 7) is 3.06. The van der Waals surface area contributed by atoms with Crippen LogP contribution in [0.4, 0.5) is 5.82 Å². The number of hydrogen-bond donors (Lipinski definition) is 1. The number of carbonyl (C=O) groups is 1. The van der Waals surface area contributed by atoms with Crippen LogP contribution >= 0.6 is 0 Å². The predicted molar refractivity (Wildman–Crippen MR) is 92.9 cm³/mol. The van der Waals surface area contributed by atoms with Crippen LogP contribution in [0.3, 0.4) is 0 Å². The summed E-state index contributed by atoms with van der Waals surface area (Å²) in [5, 5.41) is 6.85. The van der Waals surface area contributed by atoms with Crippen LogP contribution in [0.15, 0.2) is 41.3 Å². The highest BCUT2D eigenvalue weighted by Gasteiger charge is 2.13. The molecule has 0 unspecified atom stereocenters. The van der Waals surface area contributed by atoms with E-state index in [1.807, 2.05) is 31.2 Å². The Bertz CT molecular complexity index is 919. The Hall–Kier alpha value is -2.83. The van der Waals surface area contributed by atoms with Crippen molar-refractivity contribution < 1.29 is 4.79 Å². The minimum absolute atomic E-state index is 0.0660. The van der Waals surface area contributed by atoms with Crippen molar-refractivity contribution in [2.24, 2.45) is 7.05 Å². The van der Waals surface area contributed by atoms with Crippen molar-refractivity contribution in [3.05, 3.63) is 47.0 Å². The molecule has 0 aliphatic carbocycles. The summed E-state index contributed by atoms with van der Waals surface area (Å²) in [5.41, 5.74) is 1.71. The molecule has 24 heavy (non-hydrogen) atoms. The lowest BCUT2D eigenvalue weighted by atomic mass is 10.3. The topological polar surface area (TPSA) is 73.8 Å². The first-order valence-corrected chi connectivity index (χ1v) is 8.07. The first-order valence-electron chi connectivity index (χ1n) is 8.07. The fourth-order valence-corrected chi connectivity index (χ4v) is 2.83. The minimum atomic E-state index is -0.159. The third-order valence-corrected chi connectivity index (χ3v) is 3.92. The van der Waals surface area contributed by atoms with E-state index >= 15 is 0 Å². The average molecular weight is 327 g/mol. The molecular formula is C17H21N5O2. The van der Waals surface area contributed by atoms with Gasteiger partial charge in [-0.15, -0.1) is 0 Å². The van der Waals surface area contributed by atoms with E-state index in [1.165, 1.54) is 0 Å². The van der Waals surface area contributed by atoms with E-state index in [-0.39, 0.29) is 18.0 Å². The monoisotopic (exact) mass is 327 g/mol. The van der Waals surface area contributed by atoms with Gasteiger partial charge >= 0.3 is 5.69 Å². The lowest BCUT2D eigenvalue weighted by Gasteiger charge is -2.04. The Morgan fingerprint density at radius 2 is 1.79 bits per heavy atom. The van der Waals surface area contributed by atoms with Gasteiger partial charge in [0.05, 0.1) is 11.0 Å². The van der Waals surface area contributed by atoms with E-state index in [1.54, 1.807) is 33.1 Å². The molecule has 7 nitrogen and oxygen atoms in total. The molecule has 0 aliphatic heterocycles. The lowest BCUT2D eigenvalue weighted by molar-refractivity contribution is -0.116. The Morgan fingerprint density at radius 1 is 1.12 bits per heavy atom. The van der Waals surface area contributed by atoms with Crippen LogP contribution in [0.5, 0.6) is 0 Å². The molecule has 0 saturated carbocycles. The van der Waals surface area contributed by atoms with Gasteiger partial charge in [-0.3, -0.25) is 18.6 Å². The van der Waals surface area contributed by atoms with Crippen molar-refractivity contribution in [3.8, 4) is 0 Å². The number of carbonyl (C=O) groups excluding carboxylic acids is 1. The van der Waals surface area contributed by atoms with Crippen LogP contribution in [0.2, 0.25) is 0 Å². The molecule has 3 aromatic rings. The average Bonchev–Trinajstić information content (AvgIpc) is 3.08. The fraction of sp³-hybridized carbons (Fsp3) is 0.353. The maximum atomic E-state index is 12.6. The van der Waals surface area contributed by atoms with Crippen LogP contribution in [-0.2, 0) is 24.9 Å². The number of amides is 1. The van der Waals surface area contributed by atoms with Crippen molar-refractivity contribution in [2.75, 3.05) is 5.32 Å². The van der Waals surface area contributed by atoms with Crippen LogP contribution in [-0.4, -0.2) is 24.8 Å². The summed E-state index contributed by atoms with van der Waals surface area (Å²) in [6, 6.07) is 9.42. The van der Waals surface area contributed by atoms with E-state index in [0.717, 1.165) is 17.5 Å². The molecule has 1 amide bonds. The van der Waals surface area contributed by atoms with Crippen LogP contribution in [0.25, 0.3) is 11.0 Å². The number of fused-ring (bicyclic) bond motifs is 1. The summed E-state index contributed by atoms with van der Waals surface area (Å²) in [5.74, 6) is 0.358. The lowest BCUT2D eigenvalue weighted by Crippen LogP contribution is -2.26. The molecule has 1 N–H and O–H groups in total. The number of nitrogens with one attached hydrogen (secondary N) is 1. The molecule has 0 bridgehead atoms. The van der Waals surface area contributed by atoms with Gasteiger partial charge in [0, 0.05) is 38.8 Å². The van der Waals surface area contributed by atoms with Crippen molar-refractivity contribution in [2.45, 2.75) is 32.9 Å².